The summed E-state index contributed by atoms with van der Waals surface area (Å²) >= 11 is 3.39. The molecule has 0 aliphatic carbocycles. The number of hydrogen-bond acceptors (Lipinski definition) is 2. The summed E-state index contributed by atoms with van der Waals surface area (Å²) in [5, 5.41) is 0. The first kappa shape index (κ1) is 19.6. The van der Waals surface area contributed by atoms with Crippen LogP contribution in [0.3, 0.4) is 0 Å². The second kappa shape index (κ2) is 9.01. The molecular weight excluding hydrogens is 364 g/mol. The van der Waals surface area contributed by atoms with Gasteiger partial charge in [-0.3, -0.25) is 0 Å². The van der Waals surface area contributed by atoms with Crippen LogP contribution in [0, 0.1) is 6.92 Å². The number of nitrogens with one attached hydrogen (secondary N) is 2. The van der Waals surface area contributed by atoms with Gasteiger partial charge in [0.1, 0.15) is 0 Å². The van der Waals surface area contributed by atoms with Gasteiger partial charge in [0.25, 0.3) is 0 Å². The fraction of sp³-hybridized carbons (Fsp3) is 0.625. The molecule has 0 spiro atoms. The van der Waals surface area contributed by atoms with E-state index in [4.69, 9.17) is 0 Å². The van der Waals surface area contributed by atoms with Crippen molar-refractivity contribution >= 4 is 26.0 Å². The van der Waals surface area contributed by atoms with E-state index in [2.05, 4.69) is 34.5 Å². The molecule has 0 bridgehead atoms. The van der Waals surface area contributed by atoms with Crippen LogP contribution in [0.5, 0.6) is 0 Å². The zero-order chi connectivity index (χ0) is 16.8. The minimum absolute atomic E-state index is 0.0519. The summed E-state index contributed by atoms with van der Waals surface area (Å²) in [4.78, 5) is 1.88. The predicted molar refractivity (Wildman–Crippen MR) is 94.8 cm³/mol. The Bertz CT molecular complexity index is 572. The van der Waals surface area contributed by atoms with E-state index in [-0.39, 0.29) is 6.04 Å². The lowest BCUT2D eigenvalue weighted by atomic mass is 10.2. The van der Waals surface area contributed by atoms with Gasteiger partial charge in [-0.05, 0) is 64.3 Å². The lowest BCUT2D eigenvalue weighted by Gasteiger charge is -2.18. The maximum Gasteiger partial charge on any atom is 0.240 e. The van der Waals surface area contributed by atoms with E-state index in [0.29, 0.717) is 4.90 Å². The Morgan fingerprint density at radius 3 is 2.45 bits per heavy atom. The zero-order valence-corrected chi connectivity index (χ0v) is 16.4. The molecule has 4 nitrogen and oxygen atoms in total. The molecule has 0 amide bonds. The van der Waals surface area contributed by atoms with E-state index in [1.165, 1.54) is 0 Å². The molecule has 0 saturated heterocycles. The minimum Gasteiger partial charge on any atom is -0.335 e. The van der Waals surface area contributed by atoms with Crippen LogP contribution in [0.2, 0.25) is 0 Å². The predicted octanol–water partition coefficient (Wildman–Crippen LogP) is 2.13. The molecule has 1 rings (SSSR count). The number of quaternary nitrogens is 1. The first-order valence-electron chi connectivity index (χ1n) is 7.92. The van der Waals surface area contributed by atoms with Crippen LogP contribution in [-0.2, 0) is 10.0 Å². The monoisotopic (exact) mass is 391 g/mol. The van der Waals surface area contributed by atoms with Crippen LogP contribution < -0.4 is 9.62 Å². The molecule has 2 N–H and O–H groups in total. The highest BCUT2D eigenvalue weighted by molar-refractivity contribution is 9.10. The van der Waals surface area contributed by atoms with E-state index in [9.17, 15) is 8.42 Å². The van der Waals surface area contributed by atoms with E-state index >= 15 is 0 Å². The van der Waals surface area contributed by atoms with Crippen molar-refractivity contribution in [2.24, 2.45) is 0 Å². The van der Waals surface area contributed by atoms with Crippen molar-refractivity contribution in [2.75, 3.05) is 19.6 Å². The number of benzene rings is 1. The number of halogens is 1. The summed E-state index contributed by atoms with van der Waals surface area (Å²) in [6, 6.07) is 5.05. The fourth-order valence-electron chi connectivity index (χ4n) is 2.44. The Morgan fingerprint density at radius 1 is 1.27 bits per heavy atom. The molecular formula is C16H28BrN2O2S+. The van der Waals surface area contributed by atoms with Crippen LogP contribution in [0.1, 0.15) is 39.2 Å². The van der Waals surface area contributed by atoms with Gasteiger partial charge in [0.2, 0.25) is 10.0 Å². The minimum atomic E-state index is -3.44. The van der Waals surface area contributed by atoms with Crippen LogP contribution in [-0.4, -0.2) is 34.1 Å². The SMILES string of the molecule is CC[NH+](CC)CCC[C@H](C)NS(=O)(=O)c1ccc(Br)c(C)c1. The third kappa shape index (κ3) is 5.99. The summed E-state index contributed by atoms with van der Waals surface area (Å²) in [5.41, 5.74) is 0.917. The van der Waals surface area contributed by atoms with Crippen LogP contribution in [0.4, 0.5) is 0 Å². The number of aryl methyl sites for hydroxylation is 1. The lowest BCUT2D eigenvalue weighted by Crippen LogP contribution is -3.11. The van der Waals surface area contributed by atoms with E-state index in [0.717, 1.165) is 42.5 Å². The van der Waals surface area contributed by atoms with Crippen molar-refractivity contribution in [3.8, 4) is 0 Å². The normalized spacial score (nSPS) is 13.5. The number of hydrogen-bond donors (Lipinski definition) is 2. The quantitative estimate of drug-likeness (QED) is 0.677. The summed E-state index contributed by atoms with van der Waals surface area (Å²) in [6.07, 6.45) is 1.89. The standard InChI is InChI=1S/C16H27BrN2O2S/c1-5-19(6-2)11-7-8-14(4)18-22(20,21)15-9-10-16(17)13(3)12-15/h9-10,12,14,18H,5-8,11H2,1-4H3/p+1/t14-/m0/s1. The van der Waals surface area contributed by atoms with Crippen molar-refractivity contribution in [3.63, 3.8) is 0 Å². The summed E-state index contributed by atoms with van der Waals surface area (Å²) in [6.45, 7) is 11.5. The topological polar surface area (TPSA) is 50.6 Å². The fourth-order valence-corrected chi connectivity index (χ4v) is 4.05. The van der Waals surface area contributed by atoms with Crippen molar-refractivity contribution < 1.29 is 13.3 Å². The molecule has 0 heterocycles. The zero-order valence-electron chi connectivity index (χ0n) is 13.9. The van der Waals surface area contributed by atoms with Crippen molar-refractivity contribution in [3.05, 3.63) is 28.2 Å². The van der Waals surface area contributed by atoms with Gasteiger partial charge in [-0.15, -0.1) is 0 Å². The van der Waals surface area contributed by atoms with Crippen LogP contribution in [0.25, 0.3) is 0 Å². The number of sulfonamides is 1. The molecule has 0 fully saturated rings. The van der Waals surface area contributed by atoms with E-state index in [1.54, 1.807) is 23.1 Å². The molecule has 22 heavy (non-hydrogen) atoms. The summed E-state index contributed by atoms with van der Waals surface area (Å²) in [5.74, 6) is 0. The average molecular weight is 392 g/mol. The highest BCUT2D eigenvalue weighted by Gasteiger charge is 2.18. The Morgan fingerprint density at radius 2 is 1.91 bits per heavy atom. The average Bonchev–Trinajstić information content (AvgIpc) is 2.46. The van der Waals surface area contributed by atoms with Crippen LogP contribution in [0.15, 0.2) is 27.6 Å². The van der Waals surface area contributed by atoms with Gasteiger partial charge in [0.05, 0.1) is 24.5 Å². The molecule has 0 saturated carbocycles. The second-order valence-corrected chi connectivity index (χ2v) is 8.35. The third-order valence-electron chi connectivity index (χ3n) is 3.96. The largest absolute Gasteiger partial charge is 0.335 e. The molecule has 0 aliphatic rings. The molecule has 0 aliphatic heterocycles. The molecule has 126 valence electrons. The lowest BCUT2D eigenvalue weighted by molar-refractivity contribution is -0.896. The first-order valence-corrected chi connectivity index (χ1v) is 10.2. The highest BCUT2D eigenvalue weighted by Crippen LogP contribution is 2.20. The second-order valence-electron chi connectivity index (χ2n) is 5.78. The Labute approximate surface area is 143 Å². The molecule has 0 aromatic heterocycles. The van der Waals surface area contributed by atoms with Gasteiger partial charge in [0, 0.05) is 10.5 Å². The highest BCUT2D eigenvalue weighted by atomic mass is 79.9. The van der Waals surface area contributed by atoms with Gasteiger partial charge < -0.3 is 4.90 Å². The molecule has 6 heteroatoms. The van der Waals surface area contributed by atoms with Gasteiger partial charge in [-0.25, -0.2) is 13.1 Å². The van der Waals surface area contributed by atoms with Crippen molar-refractivity contribution in [1.29, 1.82) is 0 Å². The third-order valence-corrected chi connectivity index (χ3v) is 6.44. The Kier molecular flexibility index (Phi) is 8.03. The molecule has 0 unspecified atom stereocenters. The first-order chi connectivity index (χ1) is 10.3. The van der Waals surface area contributed by atoms with Gasteiger partial charge in [-0.2, -0.15) is 0 Å². The molecule has 1 aromatic rings. The maximum absolute atomic E-state index is 12.4. The van der Waals surface area contributed by atoms with E-state index in [1.807, 2.05) is 13.8 Å². The molecule has 0 radical (unpaired) electrons. The van der Waals surface area contributed by atoms with Crippen molar-refractivity contribution in [2.45, 2.75) is 51.5 Å². The van der Waals surface area contributed by atoms with E-state index < -0.39 is 10.0 Å². The number of rotatable bonds is 9. The Hall–Kier alpha value is -0.430. The van der Waals surface area contributed by atoms with Crippen LogP contribution >= 0.6 is 15.9 Å². The van der Waals surface area contributed by atoms with Crippen molar-refractivity contribution in [1.82, 2.24) is 4.72 Å². The smallest absolute Gasteiger partial charge is 0.240 e. The van der Waals surface area contributed by atoms with Gasteiger partial charge >= 0.3 is 0 Å². The Balaban J connectivity index is 2.58. The van der Waals surface area contributed by atoms with Gasteiger partial charge in [-0.1, -0.05) is 15.9 Å². The molecule has 1 atom stereocenters. The van der Waals surface area contributed by atoms with Gasteiger partial charge in [0.15, 0.2) is 0 Å². The summed E-state index contributed by atoms with van der Waals surface area (Å²) < 4.78 is 28.5. The maximum atomic E-state index is 12.4. The summed E-state index contributed by atoms with van der Waals surface area (Å²) in [7, 11) is -3.44. The molecule has 1 aromatic carbocycles.